The van der Waals surface area contributed by atoms with Crippen LogP contribution in [0, 0.1) is 0 Å². The van der Waals surface area contributed by atoms with Crippen molar-refractivity contribution >= 4 is 16.8 Å². The second-order valence-electron chi connectivity index (χ2n) is 5.73. The summed E-state index contributed by atoms with van der Waals surface area (Å²) in [5.74, 6) is 1.19. The number of benzene rings is 2. The predicted octanol–water partition coefficient (Wildman–Crippen LogP) is 2.45. The van der Waals surface area contributed by atoms with E-state index in [4.69, 9.17) is 9.47 Å². The smallest absolute Gasteiger partial charge is 0.224 e. The maximum Gasteiger partial charge on any atom is 0.224 e. The first kappa shape index (κ1) is 16.8. The molecular weight excluding hydrogens is 318 g/mol. The van der Waals surface area contributed by atoms with Crippen LogP contribution in [0.1, 0.15) is 11.3 Å². The van der Waals surface area contributed by atoms with E-state index in [1.54, 1.807) is 20.3 Å². The molecule has 1 aromatic heterocycles. The van der Waals surface area contributed by atoms with E-state index in [-0.39, 0.29) is 12.3 Å². The number of hydrogen-bond acceptors (Lipinski definition) is 4. The summed E-state index contributed by atoms with van der Waals surface area (Å²) in [4.78, 5) is 12.3. The van der Waals surface area contributed by atoms with Crippen LogP contribution in [0.15, 0.2) is 42.5 Å². The molecule has 6 nitrogen and oxygen atoms in total. The summed E-state index contributed by atoms with van der Waals surface area (Å²) >= 11 is 0. The van der Waals surface area contributed by atoms with Gasteiger partial charge in [-0.3, -0.25) is 9.48 Å². The standard InChI is InChI=1S/C19H21N3O3/c1-22-16-7-5-4-6-14(16)15(21-22)12-20-19(23)11-13-8-9-17(24-2)18(10-13)25-3/h4-10H,11-12H2,1-3H3,(H,20,23). The van der Waals surface area contributed by atoms with Crippen molar-refractivity contribution in [3.8, 4) is 11.5 Å². The molecule has 1 N–H and O–H groups in total. The Labute approximate surface area is 146 Å². The SMILES string of the molecule is COc1ccc(CC(=O)NCc2nn(C)c3ccccc23)cc1OC. The van der Waals surface area contributed by atoms with Gasteiger partial charge in [0, 0.05) is 12.4 Å². The number of methoxy groups -OCH3 is 2. The molecule has 0 saturated heterocycles. The van der Waals surface area contributed by atoms with Crippen LogP contribution in [-0.2, 0) is 24.8 Å². The summed E-state index contributed by atoms with van der Waals surface area (Å²) < 4.78 is 12.3. The number of carbonyl (C=O) groups is 1. The zero-order valence-corrected chi connectivity index (χ0v) is 14.6. The average molecular weight is 339 g/mol. The van der Waals surface area contributed by atoms with Gasteiger partial charge in [-0.05, 0) is 23.8 Å². The fourth-order valence-electron chi connectivity index (χ4n) is 2.84. The Hall–Kier alpha value is -3.02. The molecule has 0 atom stereocenters. The van der Waals surface area contributed by atoms with Crippen molar-refractivity contribution in [3.63, 3.8) is 0 Å². The van der Waals surface area contributed by atoms with Gasteiger partial charge in [-0.2, -0.15) is 5.10 Å². The number of ether oxygens (including phenoxy) is 2. The van der Waals surface area contributed by atoms with E-state index >= 15 is 0 Å². The van der Waals surface area contributed by atoms with Gasteiger partial charge in [0.05, 0.1) is 38.4 Å². The maximum absolute atomic E-state index is 12.3. The molecule has 0 bridgehead atoms. The van der Waals surface area contributed by atoms with Gasteiger partial charge in [-0.1, -0.05) is 24.3 Å². The molecule has 0 aliphatic heterocycles. The van der Waals surface area contributed by atoms with Crippen molar-refractivity contribution in [1.29, 1.82) is 0 Å². The lowest BCUT2D eigenvalue weighted by molar-refractivity contribution is -0.120. The molecule has 2 aromatic carbocycles. The molecular formula is C19H21N3O3. The molecule has 0 fully saturated rings. The van der Waals surface area contributed by atoms with E-state index in [9.17, 15) is 4.79 Å². The van der Waals surface area contributed by atoms with Crippen molar-refractivity contribution in [2.24, 2.45) is 7.05 Å². The number of fused-ring (bicyclic) bond motifs is 1. The number of rotatable bonds is 6. The predicted molar refractivity (Wildman–Crippen MR) is 95.8 cm³/mol. The lowest BCUT2D eigenvalue weighted by Gasteiger charge is -2.09. The fraction of sp³-hybridized carbons (Fsp3) is 0.263. The van der Waals surface area contributed by atoms with E-state index in [0.717, 1.165) is 22.2 Å². The summed E-state index contributed by atoms with van der Waals surface area (Å²) in [6, 6.07) is 13.4. The highest BCUT2D eigenvalue weighted by atomic mass is 16.5. The number of nitrogens with one attached hydrogen (secondary N) is 1. The molecule has 130 valence electrons. The summed E-state index contributed by atoms with van der Waals surface area (Å²) in [7, 11) is 5.06. The van der Waals surface area contributed by atoms with Gasteiger partial charge < -0.3 is 14.8 Å². The number of carbonyl (C=O) groups excluding carboxylic acids is 1. The first-order valence-corrected chi connectivity index (χ1v) is 8.00. The van der Waals surface area contributed by atoms with Crippen molar-refractivity contribution in [2.75, 3.05) is 14.2 Å². The Morgan fingerprint density at radius 3 is 2.64 bits per heavy atom. The molecule has 1 heterocycles. The van der Waals surface area contributed by atoms with Gasteiger partial charge >= 0.3 is 0 Å². The van der Waals surface area contributed by atoms with Gasteiger partial charge in [0.2, 0.25) is 5.91 Å². The third kappa shape index (κ3) is 3.57. The highest BCUT2D eigenvalue weighted by molar-refractivity contribution is 5.83. The molecule has 0 radical (unpaired) electrons. The Bertz CT molecular complexity index is 902. The normalized spacial score (nSPS) is 10.7. The third-order valence-electron chi connectivity index (χ3n) is 4.10. The Morgan fingerprint density at radius 1 is 1.12 bits per heavy atom. The van der Waals surface area contributed by atoms with E-state index in [1.807, 2.05) is 48.1 Å². The minimum atomic E-state index is -0.0676. The number of hydrogen-bond donors (Lipinski definition) is 1. The van der Waals surface area contributed by atoms with Crippen LogP contribution < -0.4 is 14.8 Å². The third-order valence-corrected chi connectivity index (χ3v) is 4.10. The number of aromatic nitrogens is 2. The Morgan fingerprint density at radius 2 is 1.88 bits per heavy atom. The lowest BCUT2D eigenvalue weighted by atomic mass is 10.1. The molecule has 0 aliphatic carbocycles. The topological polar surface area (TPSA) is 65.4 Å². The van der Waals surface area contributed by atoms with Gasteiger partial charge in [0.15, 0.2) is 11.5 Å². The number of aryl methyl sites for hydroxylation is 1. The molecule has 0 spiro atoms. The van der Waals surface area contributed by atoms with E-state index in [0.29, 0.717) is 18.0 Å². The van der Waals surface area contributed by atoms with Crippen molar-refractivity contribution in [3.05, 3.63) is 53.7 Å². The van der Waals surface area contributed by atoms with Crippen LogP contribution in [0.2, 0.25) is 0 Å². The van der Waals surface area contributed by atoms with E-state index in [1.165, 1.54) is 0 Å². The quantitative estimate of drug-likeness (QED) is 0.749. The number of para-hydroxylation sites is 1. The molecule has 0 aliphatic rings. The van der Waals surface area contributed by atoms with Gasteiger partial charge in [-0.25, -0.2) is 0 Å². The van der Waals surface area contributed by atoms with Crippen molar-refractivity contribution < 1.29 is 14.3 Å². The minimum Gasteiger partial charge on any atom is -0.493 e. The highest BCUT2D eigenvalue weighted by Gasteiger charge is 2.11. The van der Waals surface area contributed by atoms with Crippen molar-refractivity contribution in [2.45, 2.75) is 13.0 Å². The van der Waals surface area contributed by atoms with Crippen LogP contribution in [0.4, 0.5) is 0 Å². The summed E-state index contributed by atoms with van der Waals surface area (Å²) in [6.07, 6.45) is 0.269. The maximum atomic E-state index is 12.3. The van der Waals surface area contributed by atoms with Crippen LogP contribution >= 0.6 is 0 Å². The highest BCUT2D eigenvalue weighted by Crippen LogP contribution is 2.27. The van der Waals surface area contributed by atoms with Gasteiger partial charge in [0.1, 0.15) is 0 Å². The minimum absolute atomic E-state index is 0.0676. The second kappa shape index (κ2) is 7.25. The Balaban J connectivity index is 1.67. The fourth-order valence-corrected chi connectivity index (χ4v) is 2.84. The first-order chi connectivity index (χ1) is 12.1. The monoisotopic (exact) mass is 339 g/mol. The average Bonchev–Trinajstić information content (AvgIpc) is 2.96. The molecule has 3 aromatic rings. The molecule has 25 heavy (non-hydrogen) atoms. The Kier molecular flexibility index (Phi) is 4.88. The summed E-state index contributed by atoms with van der Waals surface area (Å²) in [6.45, 7) is 0.396. The lowest BCUT2D eigenvalue weighted by Crippen LogP contribution is -2.25. The zero-order valence-electron chi connectivity index (χ0n) is 14.6. The first-order valence-electron chi connectivity index (χ1n) is 8.00. The molecule has 0 unspecified atom stereocenters. The largest absolute Gasteiger partial charge is 0.493 e. The van der Waals surface area contributed by atoms with Crippen LogP contribution in [0.5, 0.6) is 11.5 Å². The summed E-state index contributed by atoms with van der Waals surface area (Å²) in [5, 5.41) is 8.47. The van der Waals surface area contributed by atoms with Crippen LogP contribution in [0.3, 0.4) is 0 Å². The molecule has 3 rings (SSSR count). The molecule has 0 saturated carbocycles. The van der Waals surface area contributed by atoms with Crippen LogP contribution in [0.25, 0.3) is 10.9 Å². The van der Waals surface area contributed by atoms with Gasteiger partial charge in [0.25, 0.3) is 0 Å². The van der Waals surface area contributed by atoms with E-state index in [2.05, 4.69) is 10.4 Å². The van der Waals surface area contributed by atoms with Gasteiger partial charge in [-0.15, -0.1) is 0 Å². The molecule has 6 heteroatoms. The number of nitrogens with zero attached hydrogens (tertiary/aromatic N) is 2. The van der Waals surface area contributed by atoms with Crippen LogP contribution in [-0.4, -0.2) is 29.9 Å². The molecule has 1 amide bonds. The van der Waals surface area contributed by atoms with E-state index < -0.39 is 0 Å². The number of amides is 1. The van der Waals surface area contributed by atoms with Crippen molar-refractivity contribution in [1.82, 2.24) is 15.1 Å². The zero-order chi connectivity index (χ0) is 17.8. The second-order valence-corrected chi connectivity index (χ2v) is 5.73. The summed E-state index contributed by atoms with van der Waals surface area (Å²) in [5.41, 5.74) is 2.77.